The summed E-state index contributed by atoms with van der Waals surface area (Å²) in [5.41, 5.74) is -0.671. The third-order valence-corrected chi connectivity index (χ3v) is 4.50. The average molecular weight is 451 g/mol. The molecule has 11 heteroatoms. The van der Waals surface area contributed by atoms with Crippen LogP contribution in [-0.2, 0) is 16.1 Å². The van der Waals surface area contributed by atoms with Crippen molar-refractivity contribution in [3.63, 3.8) is 0 Å². The van der Waals surface area contributed by atoms with Crippen LogP contribution < -0.4 is 15.2 Å². The Morgan fingerprint density at radius 2 is 1.78 bits per heavy atom. The molecule has 2 aromatic carbocycles. The third kappa shape index (κ3) is 4.93. The zero-order valence-electron chi connectivity index (χ0n) is 17.4. The van der Waals surface area contributed by atoms with E-state index in [2.05, 4.69) is 9.84 Å². The maximum absolute atomic E-state index is 14.5. The van der Waals surface area contributed by atoms with Crippen LogP contribution in [0.25, 0.3) is 5.69 Å². The van der Waals surface area contributed by atoms with Crippen LogP contribution in [0.3, 0.4) is 0 Å². The second kappa shape index (κ2) is 9.58. The number of halogens is 3. The Labute approximate surface area is 180 Å². The lowest BCUT2D eigenvalue weighted by molar-refractivity contribution is -0.147. The van der Waals surface area contributed by atoms with Crippen molar-refractivity contribution in [1.29, 1.82) is 0 Å². The topological polar surface area (TPSA) is 84.6 Å². The first kappa shape index (κ1) is 22.9. The third-order valence-electron chi connectivity index (χ3n) is 4.50. The molecule has 0 saturated heterocycles. The molecule has 0 N–H and O–H groups in total. The number of esters is 1. The minimum atomic E-state index is -3.08. The normalized spacial score (nSPS) is 12.0. The number of carbonyl (C=O) groups is 1. The highest BCUT2D eigenvalue weighted by atomic mass is 19.3. The van der Waals surface area contributed by atoms with Gasteiger partial charge in [-0.2, -0.15) is 13.5 Å². The first-order valence-corrected chi connectivity index (χ1v) is 9.43. The van der Waals surface area contributed by atoms with Gasteiger partial charge in [0.2, 0.25) is 0 Å². The lowest BCUT2D eigenvalue weighted by atomic mass is 10.2. The molecule has 170 valence electrons. The molecule has 0 aliphatic heterocycles. The number of alkyl halides is 2. The number of aromatic nitrogens is 3. The van der Waals surface area contributed by atoms with Gasteiger partial charge in [-0.05, 0) is 43.7 Å². The number of methoxy groups -OCH3 is 1. The van der Waals surface area contributed by atoms with E-state index >= 15 is 0 Å². The molecule has 1 aromatic heterocycles. The van der Waals surface area contributed by atoms with Crippen molar-refractivity contribution in [3.8, 4) is 17.2 Å². The van der Waals surface area contributed by atoms with Gasteiger partial charge >= 0.3 is 18.2 Å². The largest absolute Gasteiger partial charge is 0.489 e. The van der Waals surface area contributed by atoms with Gasteiger partial charge in [0.15, 0.2) is 11.9 Å². The number of rotatable bonds is 8. The highest BCUT2D eigenvalue weighted by molar-refractivity contribution is 5.74. The van der Waals surface area contributed by atoms with Crippen LogP contribution >= 0.6 is 0 Å². The van der Waals surface area contributed by atoms with Crippen molar-refractivity contribution in [1.82, 2.24) is 14.3 Å². The van der Waals surface area contributed by atoms with Gasteiger partial charge in [0.1, 0.15) is 29.6 Å². The summed E-state index contributed by atoms with van der Waals surface area (Å²) in [5, 5.41) is 3.70. The van der Waals surface area contributed by atoms with E-state index in [-0.39, 0.29) is 28.4 Å². The summed E-state index contributed by atoms with van der Waals surface area (Å²) in [6.07, 6.45) is -0.757. The van der Waals surface area contributed by atoms with Gasteiger partial charge in [0.05, 0.1) is 7.11 Å². The monoisotopic (exact) mass is 451 g/mol. The number of aryl methyl sites for hydroxylation is 1. The summed E-state index contributed by atoms with van der Waals surface area (Å²) < 4.78 is 56.8. The first-order valence-electron chi connectivity index (χ1n) is 9.43. The molecule has 32 heavy (non-hydrogen) atoms. The molecule has 8 nitrogen and oxygen atoms in total. The summed E-state index contributed by atoms with van der Waals surface area (Å²) in [6, 6.07) is 10.4. The number of hydrogen-bond acceptors (Lipinski definition) is 6. The Hall–Kier alpha value is -3.76. The molecular weight excluding hydrogens is 431 g/mol. The number of nitrogens with zero attached hydrogens (tertiary/aromatic N) is 3. The number of benzene rings is 2. The van der Waals surface area contributed by atoms with Crippen LogP contribution in [0.2, 0.25) is 0 Å². The molecular formula is C21H20F3N3O5. The standard InChI is InChI=1S/C21H20F3N3O5/c1-12(19(28)30-3)32-15-6-4-14(5-7-15)11-31-16-8-9-18(17(22)10-16)27-21(29)26(20(23)24)13(2)25-27/h4-10,12,20H,11H2,1-3H3. The second-order valence-electron chi connectivity index (χ2n) is 6.72. The molecule has 3 aromatic rings. The molecule has 0 spiro atoms. The van der Waals surface area contributed by atoms with Crippen LogP contribution in [0.15, 0.2) is 47.3 Å². The van der Waals surface area contributed by atoms with Crippen molar-refractivity contribution in [2.45, 2.75) is 33.1 Å². The van der Waals surface area contributed by atoms with Crippen molar-refractivity contribution in [3.05, 3.63) is 70.2 Å². The molecule has 0 amide bonds. The second-order valence-corrected chi connectivity index (χ2v) is 6.72. The fraction of sp³-hybridized carbons (Fsp3) is 0.286. The average Bonchev–Trinajstić information content (AvgIpc) is 3.06. The fourth-order valence-electron chi connectivity index (χ4n) is 2.86. The number of hydrogen-bond donors (Lipinski definition) is 0. The molecule has 1 unspecified atom stereocenters. The lowest BCUT2D eigenvalue weighted by Gasteiger charge is -2.13. The molecule has 0 bridgehead atoms. The van der Waals surface area contributed by atoms with Gasteiger partial charge in [-0.25, -0.2) is 18.5 Å². The predicted octanol–water partition coefficient (Wildman–Crippen LogP) is 3.40. The van der Waals surface area contributed by atoms with Gasteiger partial charge in [-0.3, -0.25) is 0 Å². The van der Waals surface area contributed by atoms with E-state index in [9.17, 15) is 22.8 Å². The SMILES string of the molecule is COC(=O)C(C)Oc1ccc(COc2ccc(-n3nc(C)n(C(F)F)c3=O)c(F)c2)cc1. The molecule has 0 saturated carbocycles. The summed E-state index contributed by atoms with van der Waals surface area (Å²) in [7, 11) is 1.27. The van der Waals surface area contributed by atoms with Gasteiger partial charge in [0.25, 0.3) is 0 Å². The smallest absolute Gasteiger partial charge is 0.355 e. The Balaban J connectivity index is 1.67. The molecule has 0 aliphatic carbocycles. The highest BCUT2D eigenvalue weighted by Gasteiger charge is 2.20. The van der Waals surface area contributed by atoms with Gasteiger partial charge in [-0.15, -0.1) is 5.10 Å². The quantitative estimate of drug-likeness (QED) is 0.488. The van der Waals surface area contributed by atoms with Crippen molar-refractivity contribution >= 4 is 5.97 Å². The molecule has 1 atom stereocenters. The number of ether oxygens (including phenoxy) is 3. The van der Waals surface area contributed by atoms with Crippen molar-refractivity contribution in [2.24, 2.45) is 0 Å². The fourth-order valence-corrected chi connectivity index (χ4v) is 2.86. The molecule has 0 radical (unpaired) electrons. The summed E-state index contributed by atoms with van der Waals surface area (Å²) in [5.74, 6) is -0.960. The summed E-state index contributed by atoms with van der Waals surface area (Å²) >= 11 is 0. The van der Waals surface area contributed by atoms with E-state index in [4.69, 9.17) is 9.47 Å². The Kier molecular flexibility index (Phi) is 6.86. The minimum absolute atomic E-state index is 0.102. The highest BCUT2D eigenvalue weighted by Crippen LogP contribution is 2.21. The van der Waals surface area contributed by atoms with Crippen LogP contribution in [0.1, 0.15) is 24.9 Å². The van der Waals surface area contributed by atoms with Crippen LogP contribution in [0, 0.1) is 12.7 Å². The molecule has 0 fully saturated rings. The van der Waals surface area contributed by atoms with E-state index in [0.717, 1.165) is 11.6 Å². The van der Waals surface area contributed by atoms with Crippen LogP contribution in [0.4, 0.5) is 13.2 Å². The summed E-state index contributed by atoms with van der Waals surface area (Å²) in [4.78, 5) is 23.5. The van der Waals surface area contributed by atoms with Gasteiger partial charge in [0, 0.05) is 6.07 Å². The zero-order valence-corrected chi connectivity index (χ0v) is 17.4. The minimum Gasteiger partial charge on any atom is -0.489 e. The van der Waals surface area contributed by atoms with E-state index in [1.807, 2.05) is 0 Å². The predicted molar refractivity (Wildman–Crippen MR) is 107 cm³/mol. The van der Waals surface area contributed by atoms with Crippen LogP contribution in [-0.4, -0.2) is 33.5 Å². The Morgan fingerprint density at radius 3 is 2.34 bits per heavy atom. The zero-order chi connectivity index (χ0) is 23.4. The van der Waals surface area contributed by atoms with Gasteiger partial charge in [-0.1, -0.05) is 12.1 Å². The van der Waals surface area contributed by atoms with E-state index in [1.54, 1.807) is 31.2 Å². The van der Waals surface area contributed by atoms with Crippen molar-refractivity contribution < 1.29 is 32.2 Å². The Bertz CT molecular complexity index is 1160. The molecule has 3 rings (SSSR count). The van der Waals surface area contributed by atoms with E-state index in [0.29, 0.717) is 10.4 Å². The number of carbonyl (C=O) groups excluding carboxylic acids is 1. The summed E-state index contributed by atoms with van der Waals surface area (Å²) in [6.45, 7) is -0.187. The molecule has 0 aliphatic rings. The molecule has 1 heterocycles. The maximum Gasteiger partial charge on any atom is 0.355 e. The lowest BCUT2D eigenvalue weighted by Crippen LogP contribution is -2.25. The maximum atomic E-state index is 14.5. The van der Waals surface area contributed by atoms with Crippen LogP contribution in [0.5, 0.6) is 11.5 Å². The van der Waals surface area contributed by atoms with E-state index in [1.165, 1.54) is 26.2 Å². The van der Waals surface area contributed by atoms with Gasteiger partial charge < -0.3 is 14.2 Å². The Morgan fingerprint density at radius 1 is 1.12 bits per heavy atom. The van der Waals surface area contributed by atoms with Crippen molar-refractivity contribution in [2.75, 3.05) is 7.11 Å². The first-order chi connectivity index (χ1) is 15.2. The van der Waals surface area contributed by atoms with E-state index < -0.39 is 30.1 Å².